The molecule has 0 amide bonds. The Morgan fingerprint density at radius 2 is 1.82 bits per heavy atom. The van der Waals surface area contributed by atoms with E-state index in [-0.39, 0.29) is 12.2 Å². The molecule has 2 aromatic rings. The van der Waals surface area contributed by atoms with E-state index >= 15 is 0 Å². The maximum Gasteiger partial charge on any atom is 0.232 e. The van der Waals surface area contributed by atoms with Crippen molar-refractivity contribution >= 4 is 5.65 Å². The fraction of sp³-hybridized carbons (Fsp3) is 0.462. The number of fused-ring (bicyclic) bond motifs is 1. The Balaban J connectivity index is 2.38. The third-order valence-electron chi connectivity index (χ3n) is 2.14. The highest BCUT2D eigenvalue weighted by atomic mass is 16.5. The van der Waals surface area contributed by atoms with Gasteiger partial charge in [-0.2, -0.15) is 4.98 Å². The van der Waals surface area contributed by atoms with E-state index in [2.05, 4.69) is 4.98 Å². The zero-order valence-corrected chi connectivity index (χ0v) is 10.7. The van der Waals surface area contributed by atoms with Crippen molar-refractivity contribution in [1.29, 1.82) is 0 Å². The van der Waals surface area contributed by atoms with E-state index in [1.54, 1.807) is 0 Å². The minimum absolute atomic E-state index is 0.120. The van der Waals surface area contributed by atoms with E-state index in [1.165, 1.54) is 0 Å². The summed E-state index contributed by atoms with van der Waals surface area (Å²) in [6, 6.07) is 3.85. The molecule has 17 heavy (non-hydrogen) atoms. The summed E-state index contributed by atoms with van der Waals surface area (Å²) in [5, 5.41) is 0. The Morgan fingerprint density at radius 1 is 1.12 bits per heavy atom. The first-order chi connectivity index (χ1) is 8.06. The van der Waals surface area contributed by atoms with E-state index in [0.29, 0.717) is 5.88 Å². The molecule has 0 N–H and O–H groups in total. The van der Waals surface area contributed by atoms with Crippen molar-refractivity contribution < 1.29 is 9.47 Å². The Bertz CT molecular complexity index is 503. The van der Waals surface area contributed by atoms with Gasteiger partial charge in [0.15, 0.2) is 11.4 Å². The third-order valence-corrected chi connectivity index (χ3v) is 2.14. The van der Waals surface area contributed by atoms with Crippen LogP contribution in [0.4, 0.5) is 0 Å². The second kappa shape index (κ2) is 4.65. The van der Waals surface area contributed by atoms with Crippen molar-refractivity contribution in [3.05, 3.63) is 24.5 Å². The third kappa shape index (κ3) is 2.70. The summed E-state index contributed by atoms with van der Waals surface area (Å²) in [6.07, 6.45) is 4.05. The van der Waals surface area contributed by atoms with Gasteiger partial charge in [0.25, 0.3) is 0 Å². The van der Waals surface area contributed by atoms with Gasteiger partial charge in [-0.3, -0.25) is 0 Å². The van der Waals surface area contributed by atoms with Gasteiger partial charge in [-0.15, -0.1) is 0 Å². The quantitative estimate of drug-likeness (QED) is 0.816. The smallest absolute Gasteiger partial charge is 0.232 e. The van der Waals surface area contributed by atoms with E-state index in [0.717, 1.165) is 11.4 Å². The van der Waals surface area contributed by atoms with Crippen LogP contribution in [-0.2, 0) is 0 Å². The Labute approximate surface area is 101 Å². The van der Waals surface area contributed by atoms with Gasteiger partial charge in [0, 0.05) is 6.20 Å². The van der Waals surface area contributed by atoms with Gasteiger partial charge in [-0.25, -0.2) is 0 Å². The van der Waals surface area contributed by atoms with Crippen LogP contribution < -0.4 is 9.47 Å². The fourth-order valence-electron chi connectivity index (χ4n) is 1.61. The number of nitrogens with zero attached hydrogens (tertiary/aromatic N) is 2. The first kappa shape index (κ1) is 11.8. The molecule has 0 unspecified atom stereocenters. The van der Waals surface area contributed by atoms with Crippen LogP contribution in [0, 0.1) is 0 Å². The largest absolute Gasteiger partial charge is 0.487 e. The predicted octanol–water partition coefficient (Wildman–Crippen LogP) is 2.91. The molecule has 0 aromatic carbocycles. The van der Waals surface area contributed by atoms with Crippen LogP contribution in [0.1, 0.15) is 27.7 Å². The van der Waals surface area contributed by atoms with Gasteiger partial charge in [0.1, 0.15) is 0 Å². The summed E-state index contributed by atoms with van der Waals surface area (Å²) in [6.45, 7) is 7.96. The maximum absolute atomic E-state index is 5.71. The average Bonchev–Trinajstić information content (AvgIpc) is 2.59. The Hall–Kier alpha value is -1.71. The van der Waals surface area contributed by atoms with Crippen LogP contribution in [0.5, 0.6) is 11.6 Å². The van der Waals surface area contributed by atoms with E-state index < -0.39 is 0 Å². The van der Waals surface area contributed by atoms with Crippen molar-refractivity contribution in [2.75, 3.05) is 0 Å². The first-order valence-electron chi connectivity index (χ1n) is 5.87. The number of hydrogen-bond donors (Lipinski definition) is 0. The number of aromatic nitrogens is 2. The van der Waals surface area contributed by atoms with E-state index in [4.69, 9.17) is 9.47 Å². The van der Waals surface area contributed by atoms with E-state index in [9.17, 15) is 0 Å². The van der Waals surface area contributed by atoms with Gasteiger partial charge < -0.3 is 13.9 Å². The lowest BCUT2D eigenvalue weighted by atomic mass is 10.4. The van der Waals surface area contributed by atoms with Crippen LogP contribution in [0.15, 0.2) is 24.5 Å². The molecule has 0 saturated carbocycles. The summed E-state index contributed by atoms with van der Waals surface area (Å²) in [5.74, 6) is 1.40. The van der Waals surface area contributed by atoms with Crippen LogP contribution in [0.3, 0.4) is 0 Å². The first-order valence-corrected chi connectivity index (χ1v) is 5.87. The number of hydrogen-bond acceptors (Lipinski definition) is 3. The molecular weight excluding hydrogens is 216 g/mol. The molecule has 0 fully saturated rings. The fourth-order valence-corrected chi connectivity index (χ4v) is 1.61. The lowest BCUT2D eigenvalue weighted by molar-refractivity contribution is 0.233. The number of ether oxygens (including phenoxy) is 2. The van der Waals surface area contributed by atoms with Crippen molar-refractivity contribution in [2.24, 2.45) is 0 Å². The van der Waals surface area contributed by atoms with Crippen molar-refractivity contribution in [3.8, 4) is 11.6 Å². The lowest BCUT2D eigenvalue weighted by Crippen LogP contribution is -2.06. The molecule has 0 radical (unpaired) electrons. The SMILES string of the molecule is CC(C)Oc1cn2cccc(OC(C)C)c2n1. The van der Waals surface area contributed by atoms with Crippen LogP contribution in [-0.4, -0.2) is 21.6 Å². The molecule has 0 bridgehead atoms. The Kier molecular flexibility index (Phi) is 3.22. The minimum atomic E-state index is 0.120. The molecule has 0 spiro atoms. The Morgan fingerprint density at radius 3 is 2.47 bits per heavy atom. The minimum Gasteiger partial charge on any atom is -0.487 e. The summed E-state index contributed by atoms with van der Waals surface area (Å²) in [7, 11) is 0. The van der Waals surface area contributed by atoms with Gasteiger partial charge in [-0.1, -0.05) is 0 Å². The highest BCUT2D eigenvalue weighted by Gasteiger charge is 2.09. The highest BCUT2D eigenvalue weighted by Crippen LogP contribution is 2.23. The molecule has 0 atom stereocenters. The van der Waals surface area contributed by atoms with Crippen molar-refractivity contribution in [1.82, 2.24) is 9.38 Å². The lowest BCUT2D eigenvalue weighted by Gasteiger charge is -2.09. The maximum atomic E-state index is 5.71. The second-order valence-electron chi connectivity index (χ2n) is 4.52. The molecule has 0 aliphatic rings. The number of rotatable bonds is 4. The molecule has 92 valence electrons. The molecule has 0 aliphatic carbocycles. The van der Waals surface area contributed by atoms with Gasteiger partial charge >= 0.3 is 0 Å². The summed E-state index contributed by atoms with van der Waals surface area (Å²) in [5.41, 5.74) is 0.789. The molecular formula is C13H18N2O2. The van der Waals surface area contributed by atoms with Crippen LogP contribution in [0.25, 0.3) is 5.65 Å². The summed E-state index contributed by atoms with van der Waals surface area (Å²) >= 11 is 0. The summed E-state index contributed by atoms with van der Waals surface area (Å²) < 4.78 is 13.2. The molecule has 0 aliphatic heterocycles. The molecule has 0 saturated heterocycles. The van der Waals surface area contributed by atoms with Crippen LogP contribution >= 0.6 is 0 Å². The van der Waals surface area contributed by atoms with Gasteiger partial charge in [0.2, 0.25) is 5.88 Å². The zero-order valence-electron chi connectivity index (χ0n) is 10.7. The summed E-state index contributed by atoms with van der Waals surface area (Å²) in [4.78, 5) is 4.42. The van der Waals surface area contributed by atoms with Gasteiger partial charge in [0.05, 0.1) is 18.4 Å². The monoisotopic (exact) mass is 234 g/mol. The molecule has 2 aromatic heterocycles. The molecule has 4 nitrogen and oxygen atoms in total. The molecule has 4 heteroatoms. The number of pyridine rings is 1. The normalized spacial score (nSPS) is 11.4. The molecule has 2 rings (SSSR count). The zero-order chi connectivity index (χ0) is 12.4. The van der Waals surface area contributed by atoms with Crippen molar-refractivity contribution in [2.45, 2.75) is 39.9 Å². The average molecular weight is 234 g/mol. The molecule has 2 heterocycles. The van der Waals surface area contributed by atoms with E-state index in [1.807, 2.05) is 56.6 Å². The number of imidazole rings is 1. The standard InChI is InChI=1S/C13H18N2O2/c1-9(2)16-11-6-5-7-15-8-12(14-13(11)15)17-10(3)4/h5-10H,1-4H3. The highest BCUT2D eigenvalue weighted by molar-refractivity contribution is 5.55. The van der Waals surface area contributed by atoms with Gasteiger partial charge in [-0.05, 0) is 39.8 Å². The predicted molar refractivity (Wildman–Crippen MR) is 66.7 cm³/mol. The van der Waals surface area contributed by atoms with Crippen LogP contribution in [0.2, 0.25) is 0 Å². The topological polar surface area (TPSA) is 35.8 Å². The second-order valence-corrected chi connectivity index (χ2v) is 4.52. The van der Waals surface area contributed by atoms with Crippen molar-refractivity contribution in [3.63, 3.8) is 0 Å².